The van der Waals surface area contributed by atoms with Gasteiger partial charge in [0.2, 0.25) is 0 Å². The molecule has 0 saturated carbocycles. The molecular formula is C27H48FeO6. The molecule has 0 unspecified atom stereocenters. The molecule has 0 saturated heterocycles. The van der Waals surface area contributed by atoms with Crippen molar-refractivity contribution < 1.29 is 45.8 Å². The maximum atomic E-state index is 11.0. The summed E-state index contributed by atoms with van der Waals surface area (Å²) in [5.41, 5.74) is -0.715. The van der Waals surface area contributed by atoms with Crippen LogP contribution in [0.4, 0.5) is 0 Å². The van der Waals surface area contributed by atoms with Crippen molar-refractivity contribution in [3.05, 3.63) is 0 Å². The number of ketones is 6. The van der Waals surface area contributed by atoms with Gasteiger partial charge < -0.3 is 0 Å². The standard InChI is InChI=1S/3C9H16O2.Fe/c3*1-6(10)8(7(2)11)9(3,4)5;/h3*8H,1-5H3;. The Morgan fingerprint density at radius 3 is 0.441 bits per heavy atom. The molecule has 0 amide bonds. The van der Waals surface area contributed by atoms with Crippen LogP contribution in [0.1, 0.15) is 104 Å². The van der Waals surface area contributed by atoms with Crippen LogP contribution >= 0.6 is 0 Å². The summed E-state index contributed by atoms with van der Waals surface area (Å²) in [4.78, 5) is 66.1. The first-order chi connectivity index (χ1) is 14.3. The Morgan fingerprint density at radius 1 is 0.353 bits per heavy atom. The Hall–Kier alpha value is -1.46. The van der Waals surface area contributed by atoms with Gasteiger partial charge in [-0.15, -0.1) is 0 Å². The fourth-order valence-corrected chi connectivity index (χ4v) is 4.52. The van der Waals surface area contributed by atoms with E-state index in [0.717, 1.165) is 0 Å². The molecule has 0 radical (unpaired) electrons. The van der Waals surface area contributed by atoms with E-state index < -0.39 is 17.8 Å². The molecule has 0 heterocycles. The molecule has 0 aromatic heterocycles. The third-order valence-electron chi connectivity index (χ3n) is 5.04. The van der Waals surface area contributed by atoms with E-state index in [-0.39, 0.29) is 68.0 Å². The maximum absolute atomic E-state index is 11.0. The van der Waals surface area contributed by atoms with Gasteiger partial charge >= 0.3 is 0 Å². The van der Waals surface area contributed by atoms with Crippen LogP contribution < -0.4 is 0 Å². The first-order valence-corrected chi connectivity index (χ1v) is 11.3. The topological polar surface area (TPSA) is 102 Å². The minimum Gasteiger partial charge on any atom is -0.299 e. The Labute approximate surface area is 218 Å². The largest absolute Gasteiger partial charge is 0.299 e. The Bertz CT molecular complexity index is 588. The zero-order chi connectivity index (χ0) is 27.7. The van der Waals surface area contributed by atoms with E-state index in [1.165, 1.54) is 41.5 Å². The monoisotopic (exact) mass is 524 g/mol. The zero-order valence-corrected chi connectivity index (χ0v) is 25.1. The molecule has 0 aliphatic heterocycles. The molecule has 0 aliphatic carbocycles. The smallest absolute Gasteiger partial charge is 0.140 e. The van der Waals surface area contributed by atoms with Crippen LogP contribution in [0.15, 0.2) is 0 Å². The fourth-order valence-electron chi connectivity index (χ4n) is 4.52. The predicted molar refractivity (Wildman–Crippen MR) is 133 cm³/mol. The van der Waals surface area contributed by atoms with Crippen LogP contribution in [0.3, 0.4) is 0 Å². The molecule has 0 aromatic rings. The minimum absolute atomic E-state index is 0. The minimum atomic E-state index is -0.442. The molecule has 0 aromatic carbocycles. The summed E-state index contributed by atoms with van der Waals surface area (Å²) in [5, 5.41) is 0. The molecule has 0 rings (SSSR count). The van der Waals surface area contributed by atoms with Gasteiger partial charge in [0.1, 0.15) is 34.7 Å². The van der Waals surface area contributed by atoms with Crippen LogP contribution in [0.25, 0.3) is 0 Å². The summed E-state index contributed by atoms with van der Waals surface area (Å²) in [6.45, 7) is 25.9. The van der Waals surface area contributed by atoms with Gasteiger partial charge in [-0.1, -0.05) is 62.3 Å². The fraction of sp³-hybridized carbons (Fsp3) is 0.778. The first kappa shape index (κ1) is 39.7. The van der Waals surface area contributed by atoms with Crippen LogP contribution in [-0.4, -0.2) is 34.7 Å². The van der Waals surface area contributed by atoms with E-state index in [2.05, 4.69) is 0 Å². The van der Waals surface area contributed by atoms with Gasteiger partial charge in [-0.25, -0.2) is 0 Å². The van der Waals surface area contributed by atoms with Crippen molar-refractivity contribution >= 4 is 34.7 Å². The van der Waals surface area contributed by atoms with Crippen molar-refractivity contribution in [3.63, 3.8) is 0 Å². The second-order valence-electron chi connectivity index (χ2n) is 12.1. The summed E-state index contributed by atoms with van der Waals surface area (Å²) in [6.07, 6.45) is 0. The maximum Gasteiger partial charge on any atom is 0.140 e. The van der Waals surface area contributed by atoms with Crippen molar-refractivity contribution in [1.82, 2.24) is 0 Å². The van der Waals surface area contributed by atoms with Crippen molar-refractivity contribution in [2.75, 3.05) is 0 Å². The van der Waals surface area contributed by atoms with Crippen LogP contribution in [0.2, 0.25) is 0 Å². The number of carbonyl (C=O) groups excluding carboxylic acids is 6. The van der Waals surface area contributed by atoms with E-state index in [9.17, 15) is 28.8 Å². The normalized spacial score (nSPS) is 11.5. The van der Waals surface area contributed by atoms with E-state index in [4.69, 9.17) is 0 Å². The molecular weight excluding hydrogens is 476 g/mol. The Morgan fingerprint density at radius 2 is 0.441 bits per heavy atom. The molecule has 0 spiro atoms. The first-order valence-electron chi connectivity index (χ1n) is 11.3. The molecule has 0 atom stereocenters. The molecule has 0 bridgehead atoms. The van der Waals surface area contributed by atoms with Gasteiger partial charge in [0.25, 0.3) is 0 Å². The Kier molecular flexibility index (Phi) is 18.1. The number of Topliss-reactive ketones (excluding diaryl/α,β-unsaturated/α-hetero) is 6. The van der Waals surface area contributed by atoms with Crippen molar-refractivity contribution in [2.24, 2.45) is 34.0 Å². The third kappa shape index (κ3) is 16.2. The molecule has 0 aliphatic rings. The van der Waals surface area contributed by atoms with Gasteiger partial charge in [0.05, 0.1) is 17.8 Å². The average Bonchev–Trinajstić information content (AvgIpc) is 2.39. The van der Waals surface area contributed by atoms with Crippen LogP contribution in [-0.2, 0) is 45.8 Å². The SMILES string of the molecule is CC(=O)C(C(C)=O)C(C)(C)C.CC(=O)C(C(C)=O)C(C)(C)C.CC(=O)C(C(C)=O)C(C)(C)C.[Fe]. The number of hydrogen-bond acceptors (Lipinski definition) is 6. The van der Waals surface area contributed by atoms with E-state index in [0.29, 0.717) is 0 Å². The summed E-state index contributed by atoms with van der Waals surface area (Å²) < 4.78 is 0. The molecule has 200 valence electrons. The molecule has 0 fully saturated rings. The van der Waals surface area contributed by atoms with Crippen molar-refractivity contribution in [1.29, 1.82) is 0 Å². The summed E-state index contributed by atoms with van der Waals surface area (Å²) in [6, 6.07) is 0. The molecule has 34 heavy (non-hydrogen) atoms. The van der Waals surface area contributed by atoms with Gasteiger partial charge in [-0.2, -0.15) is 0 Å². The van der Waals surface area contributed by atoms with Gasteiger partial charge in [0.15, 0.2) is 0 Å². The van der Waals surface area contributed by atoms with Gasteiger partial charge in [0, 0.05) is 17.1 Å². The average molecular weight is 525 g/mol. The third-order valence-corrected chi connectivity index (χ3v) is 5.04. The van der Waals surface area contributed by atoms with Gasteiger partial charge in [-0.05, 0) is 57.8 Å². The van der Waals surface area contributed by atoms with E-state index >= 15 is 0 Å². The van der Waals surface area contributed by atoms with Gasteiger partial charge in [-0.3, -0.25) is 28.8 Å². The second kappa shape index (κ2) is 15.5. The number of rotatable bonds is 6. The van der Waals surface area contributed by atoms with E-state index in [1.807, 2.05) is 62.3 Å². The number of carbonyl (C=O) groups is 6. The number of hydrogen-bond donors (Lipinski definition) is 0. The predicted octanol–water partition coefficient (Wildman–Crippen LogP) is 5.48. The van der Waals surface area contributed by atoms with E-state index in [1.54, 1.807) is 0 Å². The van der Waals surface area contributed by atoms with Crippen molar-refractivity contribution in [2.45, 2.75) is 104 Å². The molecule has 0 N–H and O–H groups in total. The summed E-state index contributed by atoms with van der Waals surface area (Å²) in [5.74, 6) is -1.55. The second-order valence-corrected chi connectivity index (χ2v) is 12.1. The zero-order valence-electron chi connectivity index (χ0n) is 24.0. The van der Waals surface area contributed by atoms with Crippen LogP contribution in [0, 0.1) is 34.0 Å². The molecule has 6 nitrogen and oxygen atoms in total. The van der Waals surface area contributed by atoms with Crippen LogP contribution in [0.5, 0.6) is 0 Å². The quantitative estimate of drug-likeness (QED) is 0.337. The summed E-state index contributed by atoms with van der Waals surface area (Å²) in [7, 11) is 0. The summed E-state index contributed by atoms with van der Waals surface area (Å²) >= 11 is 0. The van der Waals surface area contributed by atoms with Crippen molar-refractivity contribution in [3.8, 4) is 0 Å². The Balaban J connectivity index is -0.000000196. The molecule has 7 heteroatoms.